The molecular formula is C28H25ClFN7. The van der Waals surface area contributed by atoms with Gasteiger partial charge in [0.05, 0.1) is 41.4 Å². The van der Waals surface area contributed by atoms with Crippen molar-refractivity contribution in [1.82, 2.24) is 20.0 Å². The minimum atomic E-state index is -1.57. The summed E-state index contributed by atoms with van der Waals surface area (Å²) in [4.78, 5) is 4.47. The quantitative estimate of drug-likeness (QED) is 0.303. The summed E-state index contributed by atoms with van der Waals surface area (Å²) in [5.41, 5.74) is 3.21. The summed E-state index contributed by atoms with van der Waals surface area (Å²) in [7, 11) is 0. The monoisotopic (exact) mass is 514 g/mol. The van der Waals surface area contributed by atoms with Gasteiger partial charge in [-0.2, -0.15) is 5.26 Å². The maximum atomic E-state index is 13.8. The van der Waals surface area contributed by atoms with Crippen molar-refractivity contribution >= 4 is 33.9 Å². The van der Waals surface area contributed by atoms with Gasteiger partial charge in [0.15, 0.2) is 0 Å². The lowest BCUT2D eigenvalue weighted by atomic mass is 10.0. The predicted molar refractivity (Wildman–Crippen MR) is 140 cm³/mol. The second kappa shape index (κ2) is 8.70. The van der Waals surface area contributed by atoms with Crippen molar-refractivity contribution < 1.29 is 5.76 Å². The predicted octanol–water partition coefficient (Wildman–Crippen LogP) is 6.24. The maximum absolute atomic E-state index is 13.8. The van der Waals surface area contributed by atoms with Gasteiger partial charge in [-0.05, 0) is 67.3 Å². The van der Waals surface area contributed by atoms with E-state index in [-0.39, 0.29) is 5.82 Å². The van der Waals surface area contributed by atoms with Crippen LogP contribution in [0.4, 0.5) is 15.8 Å². The second-order valence-electron chi connectivity index (χ2n) is 10.3. The van der Waals surface area contributed by atoms with Gasteiger partial charge in [0.25, 0.3) is 0 Å². The number of halogens is 2. The van der Waals surface area contributed by atoms with Crippen molar-refractivity contribution in [2.24, 2.45) is 11.8 Å². The Labute approximate surface area is 220 Å². The summed E-state index contributed by atoms with van der Waals surface area (Å²) < 4.78 is 25.1. The number of nitrogens with zero attached hydrogens (tertiary/aromatic N) is 5. The van der Waals surface area contributed by atoms with E-state index in [1.807, 2.05) is 6.07 Å². The number of anilines is 2. The first-order chi connectivity index (χ1) is 18.4. The molecule has 0 saturated heterocycles. The highest BCUT2D eigenvalue weighted by molar-refractivity contribution is 6.35. The molecule has 186 valence electrons. The molecule has 1 unspecified atom stereocenters. The zero-order valence-electron chi connectivity index (χ0n) is 21.0. The molecule has 3 aliphatic rings. The van der Waals surface area contributed by atoms with E-state index in [0.29, 0.717) is 62.4 Å². The molecular weight excluding hydrogens is 489 g/mol. The average molecular weight is 515 g/mol. The third kappa shape index (κ3) is 4.08. The van der Waals surface area contributed by atoms with Crippen LogP contribution < -0.4 is 10.6 Å². The Morgan fingerprint density at radius 1 is 1.16 bits per heavy atom. The molecule has 2 aromatic carbocycles. The maximum Gasteiger partial charge on any atom is 0.123 e. The lowest BCUT2D eigenvalue weighted by Gasteiger charge is -2.20. The Balaban J connectivity index is 1.32. The Hall–Kier alpha value is -3.70. The van der Waals surface area contributed by atoms with Gasteiger partial charge in [-0.15, -0.1) is 5.10 Å². The number of pyridine rings is 1. The van der Waals surface area contributed by atoms with Crippen LogP contribution >= 0.6 is 11.6 Å². The zero-order valence-corrected chi connectivity index (χ0v) is 20.7. The van der Waals surface area contributed by atoms with E-state index in [4.69, 9.17) is 11.6 Å². The van der Waals surface area contributed by atoms with Gasteiger partial charge in [0.2, 0.25) is 0 Å². The first kappa shape index (κ1) is 21.4. The molecule has 3 aliphatic carbocycles. The van der Waals surface area contributed by atoms with Crippen molar-refractivity contribution in [2.45, 2.75) is 50.2 Å². The van der Waals surface area contributed by atoms with Gasteiger partial charge in [-0.1, -0.05) is 35.4 Å². The van der Waals surface area contributed by atoms with Crippen LogP contribution in [0.3, 0.4) is 0 Å². The van der Waals surface area contributed by atoms with Crippen LogP contribution in [0.15, 0.2) is 48.8 Å². The lowest BCUT2D eigenvalue weighted by Crippen LogP contribution is -2.14. The molecule has 3 fully saturated rings. The Bertz CT molecular complexity index is 1590. The van der Waals surface area contributed by atoms with Gasteiger partial charge in [0, 0.05) is 23.3 Å². The van der Waals surface area contributed by atoms with E-state index in [2.05, 4.69) is 32.0 Å². The topological polar surface area (TPSA) is 91.5 Å². The Morgan fingerprint density at radius 2 is 1.95 bits per heavy atom. The van der Waals surface area contributed by atoms with E-state index in [9.17, 15) is 11.0 Å². The van der Waals surface area contributed by atoms with Crippen LogP contribution in [0.2, 0.25) is 5.02 Å². The van der Waals surface area contributed by atoms with Gasteiger partial charge >= 0.3 is 0 Å². The number of nitriles is 1. The standard InChI is InChI=1S/C28H25ClFN7/c29-23-11-18(10-22-25(16(12-31)13-32-28(22)23)34-27-20-2-1-3-21(20)27)33-26(15-4-6-17(30)7-5-15)24-14-37(36-35-24)19-8-9-19/h4-7,10-11,13-14,19-21,26-27,33H,1-3,8-9H2,(H,32,34)/t20-,21+,26-,27?/m1/s1/i26D. The molecule has 4 atom stereocenters. The third-order valence-electron chi connectivity index (χ3n) is 7.85. The summed E-state index contributed by atoms with van der Waals surface area (Å²) in [6, 6.07) is 10.7. The highest BCUT2D eigenvalue weighted by atomic mass is 35.5. The number of aromatic nitrogens is 4. The van der Waals surface area contributed by atoms with Crippen LogP contribution in [0.1, 0.15) is 62.4 Å². The number of hydrogen-bond acceptors (Lipinski definition) is 6. The molecule has 3 saturated carbocycles. The smallest absolute Gasteiger partial charge is 0.123 e. The molecule has 2 N–H and O–H groups in total. The van der Waals surface area contributed by atoms with Crippen LogP contribution in [0.5, 0.6) is 0 Å². The summed E-state index contributed by atoms with van der Waals surface area (Å²) in [6.07, 6.45) is 9.08. The fraction of sp³-hybridized carbons (Fsp3) is 0.357. The lowest BCUT2D eigenvalue weighted by molar-refractivity contribution is 0.610. The SMILES string of the molecule is [2H][C@@](Nc1cc(Cl)c2ncc(C#N)c(NC3[C@H]4CCC[C@@H]34)c2c1)(c1ccc(F)cc1)c1cn(C2CC2)nn1. The Morgan fingerprint density at radius 3 is 2.68 bits per heavy atom. The van der Waals surface area contributed by atoms with Crippen molar-refractivity contribution in [2.75, 3.05) is 10.6 Å². The van der Waals surface area contributed by atoms with Crippen molar-refractivity contribution in [3.05, 3.63) is 76.5 Å². The summed E-state index contributed by atoms with van der Waals surface area (Å²) in [5.74, 6) is 0.909. The minimum absolute atomic E-state index is 0.301. The number of nitrogens with one attached hydrogen (secondary N) is 2. The molecule has 0 amide bonds. The van der Waals surface area contributed by atoms with Crippen LogP contribution in [0, 0.1) is 29.0 Å². The third-order valence-corrected chi connectivity index (χ3v) is 8.14. The van der Waals surface area contributed by atoms with Crippen molar-refractivity contribution in [3.8, 4) is 6.07 Å². The number of benzene rings is 2. The summed E-state index contributed by atoms with van der Waals surface area (Å²) in [5, 5.41) is 26.5. The fourth-order valence-corrected chi connectivity index (χ4v) is 6.00. The highest BCUT2D eigenvalue weighted by Gasteiger charge is 2.52. The van der Waals surface area contributed by atoms with Gasteiger partial charge in [0.1, 0.15) is 17.6 Å². The molecule has 0 bridgehead atoms. The summed E-state index contributed by atoms with van der Waals surface area (Å²) in [6.45, 7) is 0. The highest BCUT2D eigenvalue weighted by Crippen LogP contribution is 2.54. The normalized spacial score (nSPS) is 24.1. The van der Waals surface area contributed by atoms with E-state index < -0.39 is 6.02 Å². The molecule has 2 heterocycles. The van der Waals surface area contributed by atoms with E-state index >= 15 is 0 Å². The van der Waals surface area contributed by atoms with Gasteiger partial charge < -0.3 is 10.6 Å². The number of fused-ring (bicyclic) bond motifs is 2. The van der Waals surface area contributed by atoms with Gasteiger partial charge in [-0.25, -0.2) is 9.07 Å². The van der Waals surface area contributed by atoms with E-state index in [1.165, 1.54) is 31.4 Å². The molecule has 0 spiro atoms. The van der Waals surface area contributed by atoms with Crippen LogP contribution in [-0.2, 0) is 0 Å². The van der Waals surface area contributed by atoms with E-state index in [0.717, 1.165) is 18.5 Å². The molecule has 2 aromatic heterocycles. The second-order valence-corrected chi connectivity index (χ2v) is 10.7. The van der Waals surface area contributed by atoms with Crippen molar-refractivity contribution in [1.29, 1.82) is 5.26 Å². The molecule has 0 radical (unpaired) electrons. The Kier molecular flexibility index (Phi) is 5.03. The van der Waals surface area contributed by atoms with Crippen molar-refractivity contribution in [3.63, 3.8) is 0 Å². The first-order valence-corrected chi connectivity index (χ1v) is 13.1. The fourth-order valence-electron chi connectivity index (χ4n) is 5.73. The van der Waals surface area contributed by atoms with Gasteiger partial charge in [-0.3, -0.25) is 4.98 Å². The minimum Gasteiger partial charge on any atom is -0.380 e. The average Bonchev–Trinajstić information content (AvgIpc) is 3.73. The molecule has 7 rings (SSSR count). The van der Waals surface area contributed by atoms with Crippen LogP contribution in [-0.4, -0.2) is 26.0 Å². The number of rotatable bonds is 7. The number of hydrogen-bond donors (Lipinski definition) is 2. The zero-order chi connectivity index (χ0) is 26.0. The first-order valence-electron chi connectivity index (χ1n) is 13.2. The summed E-state index contributed by atoms with van der Waals surface area (Å²) >= 11 is 6.72. The largest absolute Gasteiger partial charge is 0.380 e. The molecule has 7 nitrogen and oxygen atoms in total. The molecule has 9 heteroatoms. The molecule has 37 heavy (non-hydrogen) atoms. The molecule has 0 aliphatic heterocycles. The molecule has 4 aromatic rings. The van der Waals surface area contributed by atoms with Crippen LogP contribution in [0.25, 0.3) is 10.9 Å². The van der Waals surface area contributed by atoms with E-state index in [1.54, 1.807) is 35.3 Å².